The Bertz CT molecular complexity index is 579. The van der Waals surface area contributed by atoms with Crippen LogP contribution in [0.2, 0.25) is 0 Å². The summed E-state index contributed by atoms with van der Waals surface area (Å²) in [5, 5.41) is 10.7. The number of rotatable bonds is 5. The average Bonchev–Trinajstić information content (AvgIpc) is 3.44. The molecule has 1 aromatic heterocycles. The van der Waals surface area contributed by atoms with Crippen molar-refractivity contribution in [1.82, 2.24) is 20.4 Å². The van der Waals surface area contributed by atoms with Gasteiger partial charge in [-0.3, -0.25) is 4.68 Å². The van der Waals surface area contributed by atoms with Gasteiger partial charge in [0, 0.05) is 31.0 Å². The molecule has 23 heavy (non-hydrogen) atoms. The third kappa shape index (κ3) is 3.09. The fraction of sp³-hybridized carbons (Fsp3) is 0.765. The lowest BCUT2D eigenvalue weighted by atomic mass is 10.0. The van der Waals surface area contributed by atoms with Gasteiger partial charge in [-0.05, 0) is 50.9 Å². The quantitative estimate of drug-likeness (QED) is 0.873. The molecular formula is C17H26N4O2. The van der Waals surface area contributed by atoms with Crippen LogP contribution in [0.25, 0.3) is 0 Å². The SMILES string of the molecule is Cc1c([C@H]2OCC[C@@H]2NC(=O)NC(C2CC2)C2CC2)cnn1C. The van der Waals surface area contributed by atoms with Crippen molar-refractivity contribution in [1.29, 1.82) is 0 Å². The molecular weight excluding hydrogens is 292 g/mol. The first-order valence-electron chi connectivity index (χ1n) is 8.80. The summed E-state index contributed by atoms with van der Waals surface area (Å²) in [6.45, 7) is 2.72. The van der Waals surface area contributed by atoms with Crippen molar-refractivity contribution >= 4 is 6.03 Å². The van der Waals surface area contributed by atoms with Crippen LogP contribution < -0.4 is 10.6 Å². The molecule has 2 N–H and O–H groups in total. The normalized spacial score (nSPS) is 27.4. The lowest BCUT2D eigenvalue weighted by Crippen LogP contribution is -2.48. The molecule has 1 aliphatic heterocycles. The Morgan fingerprint density at radius 2 is 2.00 bits per heavy atom. The number of nitrogens with one attached hydrogen (secondary N) is 2. The first-order chi connectivity index (χ1) is 11.1. The largest absolute Gasteiger partial charge is 0.371 e. The van der Waals surface area contributed by atoms with Gasteiger partial charge in [-0.25, -0.2) is 4.79 Å². The maximum absolute atomic E-state index is 12.4. The predicted molar refractivity (Wildman–Crippen MR) is 85.9 cm³/mol. The second-order valence-electron chi connectivity index (χ2n) is 7.31. The van der Waals surface area contributed by atoms with E-state index in [1.165, 1.54) is 25.7 Å². The molecule has 0 spiro atoms. The van der Waals surface area contributed by atoms with Crippen molar-refractivity contribution in [2.45, 2.75) is 57.2 Å². The summed E-state index contributed by atoms with van der Waals surface area (Å²) in [6.07, 6.45) is 7.70. The van der Waals surface area contributed by atoms with Crippen molar-refractivity contribution in [2.24, 2.45) is 18.9 Å². The number of nitrogens with zero attached hydrogens (tertiary/aromatic N) is 2. The van der Waals surface area contributed by atoms with E-state index in [2.05, 4.69) is 15.7 Å². The fourth-order valence-corrected chi connectivity index (χ4v) is 3.73. The molecule has 126 valence electrons. The highest BCUT2D eigenvalue weighted by molar-refractivity contribution is 5.75. The van der Waals surface area contributed by atoms with Crippen molar-refractivity contribution in [3.05, 3.63) is 17.5 Å². The lowest BCUT2D eigenvalue weighted by Gasteiger charge is -2.23. The van der Waals surface area contributed by atoms with Crippen LogP contribution in [0.3, 0.4) is 0 Å². The van der Waals surface area contributed by atoms with Crippen molar-refractivity contribution in [3.63, 3.8) is 0 Å². The molecule has 3 aliphatic rings. The van der Waals surface area contributed by atoms with E-state index >= 15 is 0 Å². The van der Waals surface area contributed by atoms with E-state index in [1.54, 1.807) is 0 Å². The number of aromatic nitrogens is 2. The van der Waals surface area contributed by atoms with Gasteiger partial charge in [0.1, 0.15) is 6.10 Å². The van der Waals surface area contributed by atoms with Gasteiger partial charge in [-0.1, -0.05) is 0 Å². The van der Waals surface area contributed by atoms with Gasteiger partial charge in [0.15, 0.2) is 0 Å². The Kier molecular flexibility index (Phi) is 3.79. The maximum atomic E-state index is 12.4. The summed E-state index contributed by atoms with van der Waals surface area (Å²) in [4.78, 5) is 12.4. The summed E-state index contributed by atoms with van der Waals surface area (Å²) >= 11 is 0. The number of amides is 2. The second-order valence-corrected chi connectivity index (χ2v) is 7.31. The van der Waals surface area contributed by atoms with Crippen LogP contribution in [-0.2, 0) is 11.8 Å². The number of carbonyl (C=O) groups excluding carboxylic acids is 1. The Hall–Kier alpha value is -1.56. The van der Waals surface area contributed by atoms with E-state index in [4.69, 9.17) is 4.74 Å². The first kappa shape index (κ1) is 15.0. The molecule has 2 atom stereocenters. The topological polar surface area (TPSA) is 68.2 Å². The highest BCUT2D eigenvalue weighted by Crippen LogP contribution is 2.44. The molecule has 6 nitrogen and oxygen atoms in total. The average molecular weight is 318 g/mol. The van der Waals surface area contributed by atoms with E-state index in [-0.39, 0.29) is 18.2 Å². The van der Waals surface area contributed by atoms with Crippen molar-refractivity contribution in [2.75, 3.05) is 6.61 Å². The van der Waals surface area contributed by atoms with Crippen LogP contribution in [0.15, 0.2) is 6.20 Å². The summed E-state index contributed by atoms with van der Waals surface area (Å²) < 4.78 is 7.73. The van der Waals surface area contributed by atoms with Gasteiger partial charge in [0.2, 0.25) is 0 Å². The van der Waals surface area contributed by atoms with Gasteiger partial charge >= 0.3 is 6.03 Å². The molecule has 2 heterocycles. The Balaban J connectivity index is 1.39. The van der Waals surface area contributed by atoms with E-state index in [9.17, 15) is 4.79 Å². The van der Waals surface area contributed by atoms with Gasteiger partial charge < -0.3 is 15.4 Å². The number of hydrogen-bond donors (Lipinski definition) is 2. The van der Waals surface area contributed by atoms with E-state index in [0.717, 1.165) is 17.7 Å². The van der Waals surface area contributed by atoms with Gasteiger partial charge in [-0.2, -0.15) is 5.10 Å². The Morgan fingerprint density at radius 3 is 2.57 bits per heavy atom. The van der Waals surface area contributed by atoms with Crippen molar-refractivity contribution in [3.8, 4) is 0 Å². The zero-order chi connectivity index (χ0) is 16.0. The standard InChI is InChI=1S/C17H26N4O2/c1-10-13(9-18-21(10)2)16-14(7-8-23-16)19-17(22)20-15(11-3-4-11)12-5-6-12/h9,11-12,14-16H,3-8H2,1-2H3,(H2,19,20,22)/t14-,16+/m0/s1. The minimum absolute atomic E-state index is 0.0250. The van der Waals surface area contributed by atoms with Crippen LogP contribution in [0, 0.1) is 18.8 Å². The smallest absolute Gasteiger partial charge is 0.315 e. The van der Waals surface area contributed by atoms with Crippen LogP contribution in [-0.4, -0.2) is 34.5 Å². The maximum Gasteiger partial charge on any atom is 0.315 e. The van der Waals surface area contributed by atoms with E-state index in [1.807, 2.05) is 24.9 Å². The summed E-state index contributed by atoms with van der Waals surface area (Å²) in [6, 6.07) is 0.378. The molecule has 0 bridgehead atoms. The number of hydrogen-bond acceptors (Lipinski definition) is 3. The Morgan fingerprint density at radius 1 is 1.30 bits per heavy atom. The molecule has 3 fully saturated rings. The summed E-state index contributed by atoms with van der Waals surface area (Å²) in [5.41, 5.74) is 2.18. The predicted octanol–water partition coefficient (Wildman–Crippen LogP) is 2.05. The molecule has 4 rings (SSSR count). The molecule has 0 aromatic carbocycles. The zero-order valence-electron chi connectivity index (χ0n) is 13.9. The van der Waals surface area contributed by atoms with Crippen LogP contribution >= 0.6 is 0 Å². The minimum atomic E-state index is -0.0882. The summed E-state index contributed by atoms with van der Waals surface area (Å²) in [5.74, 6) is 1.42. The first-order valence-corrected chi connectivity index (χ1v) is 8.80. The third-order valence-electron chi connectivity index (χ3n) is 5.55. The van der Waals surface area contributed by atoms with Gasteiger partial charge in [0.25, 0.3) is 0 Å². The molecule has 2 saturated carbocycles. The van der Waals surface area contributed by atoms with Crippen LogP contribution in [0.5, 0.6) is 0 Å². The fourth-order valence-electron chi connectivity index (χ4n) is 3.73. The number of aryl methyl sites for hydroxylation is 1. The van der Waals surface area contributed by atoms with E-state index < -0.39 is 0 Å². The van der Waals surface area contributed by atoms with Crippen LogP contribution in [0.1, 0.15) is 49.5 Å². The van der Waals surface area contributed by atoms with Crippen LogP contribution in [0.4, 0.5) is 4.79 Å². The lowest BCUT2D eigenvalue weighted by molar-refractivity contribution is 0.0991. The molecule has 1 saturated heterocycles. The number of ether oxygens (including phenoxy) is 1. The molecule has 0 unspecified atom stereocenters. The molecule has 1 aromatic rings. The third-order valence-corrected chi connectivity index (χ3v) is 5.55. The van der Waals surface area contributed by atoms with Gasteiger partial charge in [0.05, 0.1) is 12.2 Å². The highest BCUT2D eigenvalue weighted by Gasteiger charge is 2.42. The molecule has 6 heteroatoms. The number of urea groups is 1. The molecule has 2 amide bonds. The Labute approximate surface area is 137 Å². The monoisotopic (exact) mass is 318 g/mol. The van der Waals surface area contributed by atoms with Gasteiger partial charge in [-0.15, -0.1) is 0 Å². The number of carbonyl (C=O) groups is 1. The molecule has 2 aliphatic carbocycles. The summed E-state index contributed by atoms with van der Waals surface area (Å²) in [7, 11) is 1.93. The second kappa shape index (κ2) is 5.82. The zero-order valence-corrected chi connectivity index (χ0v) is 13.9. The molecule has 0 radical (unpaired) electrons. The minimum Gasteiger partial charge on any atom is -0.371 e. The van der Waals surface area contributed by atoms with Crippen molar-refractivity contribution < 1.29 is 9.53 Å². The van der Waals surface area contributed by atoms with E-state index in [0.29, 0.717) is 24.5 Å². The highest BCUT2D eigenvalue weighted by atomic mass is 16.5.